The highest BCUT2D eigenvalue weighted by atomic mass is 14.6. The van der Waals surface area contributed by atoms with Gasteiger partial charge in [-0.2, -0.15) is 0 Å². The van der Waals surface area contributed by atoms with Crippen LogP contribution in [0.1, 0.15) is 58.8 Å². The van der Waals surface area contributed by atoms with Crippen LogP contribution >= 0.6 is 0 Å². The molecule has 0 aliphatic heterocycles. The van der Waals surface area contributed by atoms with Crippen LogP contribution in [0.15, 0.2) is 0 Å². The normalized spacial score (nSPS) is 50.4. The molecule has 0 unspecified atom stereocenters. The van der Waals surface area contributed by atoms with Crippen molar-refractivity contribution in [2.75, 3.05) is 0 Å². The van der Waals surface area contributed by atoms with Crippen molar-refractivity contribution in [1.82, 2.24) is 0 Å². The minimum Gasteiger partial charge on any atom is -0.0594 e. The molecule has 0 aromatic rings. The first-order valence-corrected chi connectivity index (χ1v) is 6.44. The molecule has 1 radical (unpaired) electrons. The second-order valence-corrected chi connectivity index (χ2v) is 6.80. The SMILES string of the molecule is C[C](C)CC12CC3CC(CC(C3)C1)C2. The Morgan fingerprint density at radius 1 is 0.929 bits per heavy atom. The van der Waals surface area contributed by atoms with E-state index in [9.17, 15) is 0 Å². The molecule has 0 heterocycles. The molecule has 0 N–H and O–H groups in total. The van der Waals surface area contributed by atoms with Gasteiger partial charge >= 0.3 is 0 Å². The predicted octanol–water partition coefficient (Wildman–Crippen LogP) is 4.21. The molecule has 4 fully saturated rings. The highest BCUT2D eigenvalue weighted by Gasteiger charge is 2.50. The predicted molar refractivity (Wildman–Crippen MR) is 59.8 cm³/mol. The maximum absolute atomic E-state index is 2.33. The molecule has 4 rings (SSSR count). The highest BCUT2D eigenvalue weighted by Crippen LogP contribution is 2.62. The Morgan fingerprint density at radius 2 is 1.36 bits per heavy atom. The Kier molecular flexibility index (Phi) is 1.98. The van der Waals surface area contributed by atoms with E-state index in [-0.39, 0.29) is 0 Å². The zero-order valence-electron chi connectivity index (χ0n) is 9.68. The summed E-state index contributed by atoms with van der Waals surface area (Å²) in [4.78, 5) is 0. The van der Waals surface area contributed by atoms with Crippen molar-refractivity contribution in [2.45, 2.75) is 58.8 Å². The summed E-state index contributed by atoms with van der Waals surface area (Å²) < 4.78 is 0. The lowest BCUT2D eigenvalue weighted by atomic mass is 9.48. The van der Waals surface area contributed by atoms with Gasteiger partial charge in [-0.15, -0.1) is 0 Å². The number of rotatable bonds is 2. The Bertz CT molecular complexity index is 185. The van der Waals surface area contributed by atoms with Gasteiger partial charge in [0.25, 0.3) is 0 Å². The van der Waals surface area contributed by atoms with E-state index >= 15 is 0 Å². The monoisotopic (exact) mass is 191 g/mol. The third kappa shape index (κ3) is 1.42. The summed E-state index contributed by atoms with van der Waals surface area (Å²) in [6.07, 6.45) is 10.9. The molecule has 4 saturated carbocycles. The van der Waals surface area contributed by atoms with Crippen LogP contribution in [0.4, 0.5) is 0 Å². The van der Waals surface area contributed by atoms with Crippen LogP contribution in [0.3, 0.4) is 0 Å². The van der Waals surface area contributed by atoms with Crippen molar-refractivity contribution in [2.24, 2.45) is 23.2 Å². The van der Waals surface area contributed by atoms with E-state index < -0.39 is 0 Å². The molecule has 79 valence electrons. The molecule has 0 aromatic carbocycles. The van der Waals surface area contributed by atoms with Gasteiger partial charge in [0, 0.05) is 0 Å². The molecule has 0 nitrogen and oxygen atoms in total. The Balaban J connectivity index is 1.80. The van der Waals surface area contributed by atoms with Gasteiger partial charge in [-0.1, -0.05) is 13.8 Å². The fourth-order valence-electron chi connectivity index (χ4n) is 5.26. The topological polar surface area (TPSA) is 0 Å². The first-order chi connectivity index (χ1) is 6.65. The highest BCUT2D eigenvalue weighted by molar-refractivity contribution is 5.04. The van der Waals surface area contributed by atoms with Gasteiger partial charge in [0.15, 0.2) is 0 Å². The van der Waals surface area contributed by atoms with Crippen LogP contribution in [0.2, 0.25) is 0 Å². The maximum Gasteiger partial charge on any atom is -0.0284 e. The smallest absolute Gasteiger partial charge is 0.0284 e. The summed E-state index contributed by atoms with van der Waals surface area (Å²) >= 11 is 0. The molecule has 0 aromatic heterocycles. The van der Waals surface area contributed by atoms with Gasteiger partial charge in [-0.05, 0) is 74.0 Å². The summed E-state index contributed by atoms with van der Waals surface area (Å²) in [6.45, 7) is 4.66. The standard InChI is InChI=1S/C14H23/c1-10(2)6-14-7-11-3-12(8-14)5-13(4-11)9-14/h11-13H,3-9H2,1-2H3. The summed E-state index contributed by atoms with van der Waals surface area (Å²) in [7, 11) is 0. The van der Waals surface area contributed by atoms with Gasteiger partial charge in [-0.25, -0.2) is 0 Å². The molecule has 0 heteroatoms. The molecular weight excluding hydrogens is 168 g/mol. The minimum atomic E-state index is 0.785. The van der Waals surface area contributed by atoms with E-state index in [4.69, 9.17) is 0 Å². The van der Waals surface area contributed by atoms with Crippen molar-refractivity contribution < 1.29 is 0 Å². The summed E-state index contributed by atoms with van der Waals surface area (Å²) in [6, 6.07) is 0. The lowest BCUT2D eigenvalue weighted by Gasteiger charge is -2.57. The van der Waals surface area contributed by atoms with Gasteiger partial charge in [-0.3, -0.25) is 0 Å². The van der Waals surface area contributed by atoms with Gasteiger partial charge in [0.2, 0.25) is 0 Å². The molecule has 0 amide bonds. The molecule has 0 atom stereocenters. The molecular formula is C14H23. The van der Waals surface area contributed by atoms with Crippen molar-refractivity contribution in [1.29, 1.82) is 0 Å². The van der Waals surface area contributed by atoms with Crippen molar-refractivity contribution in [3.63, 3.8) is 0 Å². The average Bonchev–Trinajstić information content (AvgIpc) is 1.96. The van der Waals surface area contributed by atoms with E-state index in [1.54, 1.807) is 44.4 Å². The van der Waals surface area contributed by atoms with E-state index in [0.717, 1.165) is 23.2 Å². The van der Waals surface area contributed by atoms with E-state index in [2.05, 4.69) is 13.8 Å². The Hall–Kier alpha value is 0. The molecule has 0 saturated heterocycles. The molecule has 4 bridgehead atoms. The zero-order valence-corrected chi connectivity index (χ0v) is 9.68. The van der Waals surface area contributed by atoms with Crippen LogP contribution in [0.25, 0.3) is 0 Å². The van der Waals surface area contributed by atoms with E-state index in [0.29, 0.717) is 0 Å². The fraction of sp³-hybridized carbons (Fsp3) is 0.929. The largest absolute Gasteiger partial charge is 0.0594 e. The van der Waals surface area contributed by atoms with E-state index in [1.165, 1.54) is 6.42 Å². The maximum atomic E-state index is 2.33. The van der Waals surface area contributed by atoms with Crippen LogP contribution in [0.5, 0.6) is 0 Å². The fourth-order valence-corrected chi connectivity index (χ4v) is 5.26. The second-order valence-electron chi connectivity index (χ2n) is 6.80. The first-order valence-electron chi connectivity index (χ1n) is 6.44. The third-order valence-electron chi connectivity index (χ3n) is 4.89. The first kappa shape index (κ1) is 9.24. The Morgan fingerprint density at radius 3 is 1.71 bits per heavy atom. The number of hydrogen-bond acceptors (Lipinski definition) is 0. The molecule has 4 aliphatic carbocycles. The lowest BCUT2D eigenvalue weighted by Crippen LogP contribution is -2.46. The summed E-state index contributed by atoms with van der Waals surface area (Å²) in [5.74, 6) is 5.05. The van der Waals surface area contributed by atoms with Crippen molar-refractivity contribution in [3.05, 3.63) is 5.92 Å². The van der Waals surface area contributed by atoms with Crippen molar-refractivity contribution in [3.8, 4) is 0 Å². The lowest BCUT2D eigenvalue weighted by molar-refractivity contribution is -0.0547. The van der Waals surface area contributed by atoms with Crippen LogP contribution in [-0.2, 0) is 0 Å². The second kappa shape index (κ2) is 3.00. The number of hydrogen-bond donors (Lipinski definition) is 0. The Labute approximate surface area is 88.5 Å². The van der Waals surface area contributed by atoms with Crippen molar-refractivity contribution >= 4 is 0 Å². The molecule has 14 heavy (non-hydrogen) atoms. The van der Waals surface area contributed by atoms with Crippen LogP contribution in [0, 0.1) is 29.1 Å². The minimum absolute atomic E-state index is 0.785. The van der Waals surface area contributed by atoms with Gasteiger partial charge < -0.3 is 0 Å². The van der Waals surface area contributed by atoms with Crippen LogP contribution < -0.4 is 0 Å². The van der Waals surface area contributed by atoms with Gasteiger partial charge in [0.1, 0.15) is 0 Å². The quantitative estimate of drug-likeness (QED) is 0.613. The molecule has 4 aliphatic rings. The van der Waals surface area contributed by atoms with Crippen LogP contribution in [-0.4, -0.2) is 0 Å². The average molecular weight is 191 g/mol. The van der Waals surface area contributed by atoms with Gasteiger partial charge in [0.05, 0.1) is 0 Å². The van der Waals surface area contributed by atoms with E-state index in [1.807, 2.05) is 0 Å². The zero-order chi connectivity index (χ0) is 9.76. The third-order valence-corrected chi connectivity index (χ3v) is 4.89. The summed E-state index contributed by atoms with van der Waals surface area (Å²) in [5, 5.41) is 0. The molecule has 0 spiro atoms. The summed E-state index contributed by atoms with van der Waals surface area (Å²) in [5.41, 5.74) is 0.785.